The maximum absolute atomic E-state index is 13.9. The van der Waals surface area contributed by atoms with Crippen LogP contribution in [0, 0.1) is 57.2 Å². The summed E-state index contributed by atoms with van der Waals surface area (Å²) >= 11 is 2.77. The van der Waals surface area contributed by atoms with E-state index in [4.69, 9.17) is 29.4 Å². The molecule has 0 radical (unpaired) electrons. The van der Waals surface area contributed by atoms with Crippen LogP contribution in [0.3, 0.4) is 0 Å². The molecule has 12 nitrogen and oxygen atoms in total. The van der Waals surface area contributed by atoms with Gasteiger partial charge in [-0.2, -0.15) is 21.0 Å². The second-order valence-corrected chi connectivity index (χ2v) is 19.4. The SMILES string of the molecule is N#CC(C#N)=C1/C(=N/c2nc3c(s2)C2=CC4C=C5OC6(CCCCC6)c6nc(/N=C7\C(=O)c8ccccc8C7=C(C#N)C#N)sc6C5=CC4C=C2OCCCCCCC3)C(=O)c2ccccc21. The van der Waals surface area contributed by atoms with Gasteiger partial charge in [-0.25, -0.2) is 20.0 Å². The maximum Gasteiger partial charge on any atom is 0.212 e. The van der Waals surface area contributed by atoms with Crippen LogP contribution in [-0.4, -0.2) is 39.6 Å². The predicted molar refractivity (Wildman–Crippen MR) is 254 cm³/mol. The second-order valence-electron chi connectivity index (χ2n) is 17.5. The number of carbonyl (C=O) groups is 2. The van der Waals surface area contributed by atoms with Crippen molar-refractivity contribution in [1.29, 1.82) is 21.0 Å². The van der Waals surface area contributed by atoms with Gasteiger partial charge in [0.05, 0.1) is 22.1 Å². The average Bonchev–Trinajstić information content (AvgIpc) is 4.10. The summed E-state index contributed by atoms with van der Waals surface area (Å²) in [6.07, 6.45) is 19.1. The second kappa shape index (κ2) is 17.0. The molecule has 0 N–H and O–H groups in total. The number of aliphatic imine (C=N–C) groups is 2. The Labute approximate surface area is 394 Å². The van der Waals surface area contributed by atoms with Crippen LogP contribution in [0.15, 0.2) is 105 Å². The van der Waals surface area contributed by atoms with E-state index in [1.807, 2.05) is 24.3 Å². The van der Waals surface area contributed by atoms with E-state index >= 15 is 0 Å². The number of aryl methyl sites for hydroxylation is 1. The summed E-state index contributed by atoms with van der Waals surface area (Å²) in [5.74, 6) is 0.582. The molecule has 11 rings (SSSR count). The van der Waals surface area contributed by atoms with Crippen molar-refractivity contribution in [3.05, 3.63) is 139 Å². The summed E-state index contributed by atoms with van der Waals surface area (Å²) in [6, 6.07) is 21.8. The van der Waals surface area contributed by atoms with Crippen LogP contribution in [0.2, 0.25) is 0 Å². The van der Waals surface area contributed by atoms with Crippen molar-refractivity contribution in [2.45, 2.75) is 76.2 Å². The monoisotopic (exact) mass is 914 g/mol. The van der Waals surface area contributed by atoms with E-state index in [1.54, 1.807) is 48.5 Å². The highest BCUT2D eigenvalue weighted by molar-refractivity contribution is 7.17. The lowest BCUT2D eigenvalue weighted by molar-refractivity contribution is -0.0356. The number of allylic oxidation sites excluding steroid dienone is 10. The van der Waals surface area contributed by atoms with E-state index in [-0.39, 0.29) is 57.1 Å². The fourth-order valence-electron chi connectivity index (χ4n) is 10.4. The van der Waals surface area contributed by atoms with Gasteiger partial charge in [-0.05, 0) is 68.2 Å². The lowest BCUT2D eigenvalue weighted by atomic mass is 9.75. The fourth-order valence-corrected chi connectivity index (χ4v) is 12.5. The third-order valence-corrected chi connectivity index (χ3v) is 15.5. The summed E-state index contributed by atoms with van der Waals surface area (Å²) < 4.78 is 13.8. The Balaban J connectivity index is 1.01. The van der Waals surface area contributed by atoms with Crippen molar-refractivity contribution in [3.63, 3.8) is 0 Å². The van der Waals surface area contributed by atoms with Crippen molar-refractivity contribution in [1.82, 2.24) is 9.97 Å². The Morgan fingerprint density at radius 1 is 0.612 bits per heavy atom. The lowest BCUT2D eigenvalue weighted by Crippen LogP contribution is -2.37. The van der Waals surface area contributed by atoms with Gasteiger partial charge in [0.15, 0.2) is 5.60 Å². The quantitative estimate of drug-likeness (QED) is 0.174. The van der Waals surface area contributed by atoms with Crippen molar-refractivity contribution in [2.75, 3.05) is 6.61 Å². The van der Waals surface area contributed by atoms with Gasteiger partial charge in [0.1, 0.15) is 64.1 Å². The smallest absolute Gasteiger partial charge is 0.212 e. The van der Waals surface area contributed by atoms with Crippen molar-refractivity contribution < 1.29 is 19.1 Å². The highest BCUT2D eigenvalue weighted by Gasteiger charge is 2.48. The lowest BCUT2D eigenvalue weighted by Gasteiger charge is -2.43. The molecule has 0 amide bonds. The number of ether oxygens (including phenoxy) is 2. The molecule has 4 heterocycles. The molecule has 14 heteroatoms. The van der Waals surface area contributed by atoms with E-state index in [2.05, 4.69) is 24.3 Å². The van der Waals surface area contributed by atoms with Crippen LogP contribution in [0.1, 0.15) is 117 Å². The number of Topliss-reactive ketones (excluding diaryl/α,β-unsaturated/α-hetero) is 2. The van der Waals surface area contributed by atoms with Crippen molar-refractivity contribution in [3.8, 4) is 24.3 Å². The van der Waals surface area contributed by atoms with E-state index in [0.717, 1.165) is 108 Å². The molecule has 7 aliphatic rings. The minimum absolute atomic E-state index is 0.0368. The van der Waals surface area contributed by atoms with Gasteiger partial charge < -0.3 is 9.47 Å². The molecule has 2 unspecified atom stereocenters. The number of fused-ring (bicyclic) bond motifs is 10. The van der Waals surface area contributed by atoms with Crippen LogP contribution < -0.4 is 0 Å². The number of hydrogen-bond donors (Lipinski definition) is 0. The van der Waals surface area contributed by atoms with Gasteiger partial charge in [0.2, 0.25) is 21.8 Å². The molecule has 2 aliphatic heterocycles. The summed E-state index contributed by atoms with van der Waals surface area (Å²) in [4.78, 5) is 49.4. The molecule has 5 aliphatic carbocycles. The molecule has 2 atom stereocenters. The number of carbonyl (C=O) groups excluding carboxylic acids is 2. The molecule has 2 aromatic carbocycles. The third-order valence-electron chi connectivity index (χ3n) is 13.5. The van der Waals surface area contributed by atoms with Gasteiger partial charge in [-0.1, -0.05) is 109 Å². The van der Waals surface area contributed by atoms with E-state index < -0.39 is 5.60 Å². The molecule has 0 bridgehead atoms. The van der Waals surface area contributed by atoms with Crippen LogP contribution in [0.25, 0.3) is 22.3 Å². The Bertz CT molecular complexity index is 3290. The van der Waals surface area contributed by atoms with Crippen LogP contribution in [0.4, 0.5) is 10.3 Å². The third kappa shape index (κ3) is 7.04. The van der Waals surface area contributed by atoms with Crippen molar-refractivity contribution in [2.24, 2.45) is 21.8 Å². The first-order valence-corrected chi connectivity index (χ1v) is 24.2. The van der Waals surface area contributed by atoms with E-state index in [1.165, 1.54) is 22.7 Å². The largest absolute Gasteiger partial charge is 0.493 e. The van der Waals surface area contributed by atoms with Crippen LogP contribution in [-0.2, 0) is 21.5 Å². The number of benzene rings is 2. The first kappa shape index (κ1) is 42.0. The van der Waals surface area contributed by atoms with Crippen molar-refractivity contribution >= 4 is 78.2 Å². The maximum atomic E-state index is 13.9. The molecule has 1 spiro atoms. The van der Waals surface area contributed by atoms with Gasteiger partial charge in [0, 0.05) is 45.3 Å². The Morgan fingerprint density at radius 2 is 1.12 bits per heavy atom. The molecule has 67 heavy (non-hydrogen) atoms. The summed E-state index contributed by atoms with van der Waals surface area (Å²) in [5, 5.41) is 40.5. The van der Waals surface area contributed by atoms with Crippen LogP contribution >= 0.6 is 22.7 Å². The molecule has 4 aromatic rings. The van der Waals surface area contributed by atoms with Crippen LogP contribution in [0.5, 0.6) is 0 Å². The topological polar surface area (TPSA) is 198 Å². The number of ketones is 2. The number of hydrogen-bond acceptors (Lipinski definition) is 14. The zero-order valence-electron chi connectivity index (χ0n) is 36.1. The Kier molecular flexibility index (Phi) is 10.7. The molecule has 1 fully saturated rings. The highest BCUT2D eigenvalue weighted by Crippen LogP contribution is 2.56. The van der Waals surface area contributed by atoms with Gasteiger partial charge in [-0.3, -0.25) is 9.59 Å². The number of rotatable bonds is 2. The van der Waals surface area contributed by atoms with Gasteiger partial charge in [0.25, 0.3) is 0 Å². The van der Waals surface area contributed by atoms with Gasteiger partial charge >= 0.3 is 0 Å². The molecule has 1 saturated carbocycles. The van der Waals surface area contributed by atoms with Gasteiger partial charge in [-0.15, -0.1) is 0 Å². The Morgan fingerprint density at radius 3 is 1.73 bits per heavy atom. The average molecular weight is 915 g/mol. The summed E-state index contributed by atoms with van der Waals surface area (Å²) in [7, 11) is 0. The zero-order chi connectivity index (χ0) is 45.8. The molecular weight excluding hydrogens is 877 g/mol. The number of aromatic nitrogens is 2. The fraction of sp³-hybridized carbons (Fsp3) is 0.283. The first-order chi connectivity index (χ1) is 32.8. The van der Waals surface area contributed by atoms with E-state index in [0.29, 0.717) is 45.5 Å². The molecule has 2 aromatic heterocycles. The minimum atomic E-state index is -0.691. The summed E-state index contributed by atoms with van der Waals surface area (Å²) in [5.41, 5.74) is 4.77. The number of thiazole rings is 2. The predicted octanol–water partition coefficient (Wildman–Crippen LogP) is 11.3. The minimum Gasteiger partial charge on any atom is -0.493 e. The zero-order valence-corrected chi connectivity index (χ0v) is 37.7. The molecular formula is C53H38N8O4S2. The number of nitrogens with zero attached hydrogens (tertiary/aromatic N) is 8. The number of nitriles is 4. The molecule has 0 saturated heterocycles. The Hall–Kier alpha value is -7.62. The van der Waals surface area contributed by atoms with E-state index in [9.17, 15) is 30.6 Å². The summed E-state index contributed by atoms with van der Waals surface area (Å²) in [6.45, 7) is 0.542. The highest BCUT2D eigenvalue weighted by atomic mass is 32.1. The molecule has 326 valence electrons. The standard InChI is InChI=1S/C53H38N8O4S2/c54-25-31(26-55)42-33-13-6-8-15-35(33)46(62)44(42)59-51-58-39-17-5-2-1-3-12-20-64-40-23-29-22-38-41(24-30(29)21-37(40)48(39)66-51)65-53(18-10-4-11-19-53)50-49(38)67-52(61-50)60-45-43(32(27-56)28-57)34-14-7-9-16-36(34)47(45)63/h6-9,13-16,21-24,29-30H,1-5,10-12,17-20H2/b59-44-,60-45-. The normalized spacial score (nSPS) is 22.3. The first-order valence-electron chi connectivity index (χ1n) is 22.6.